The number of hydrogen-bond donors (Lipinski definition) is 2. The molecule has 0 aliphatic rings. The summed E-state index contributed by atoms with van der Waals surface area (Å²) < 4.78 is 1.96. The molecule has 0 aliphatic carbocycles. The van der Waals surface area contributed by atoms with Crippen LogP contribution in [0.25, 0.3) is 11.0 Å². The van der Waals surface area contributed by atoms with Crippen LogP contribution in [0.3, 0.4) is 0 Å². The summed E-state index contributed by atoms with van der Waals surface area (Å²) in [5, 5.41) is 8.57. The van der Waals surface area contributed by atoms with Crippen LogP contribution in [0.2, 0.25) is 0 Å². The fourth-order valence-corrected chi connectivity index (χ4v) is 1.42. The summed E-state index contributed by atoms with van der Waals surface area (Å²) in [4.78, 5) is 4.34. The molecule has 2 aromatic rings. The molecule has 0 spiro atoms. The van der Waals surface area contributed by atoms with Gasteiger partial charge in [0.25, 0.3) is 0 Å². The minimum Gasteiger partial charge on any atom is -0.330 e. The van der Waals surface area contributed by atoms with Gasteiger partial charge in [-0.1, -0.05) is 12.1 Å². The van der Waals surface area contributed by atoms with Crippen LogP contribution in [0, 0.1) is 0 Å². The average molecular weight is 177 g/mol. The highest BCUT2D eigenvalue weighted by atomic mass is 16.5. The van der Waals surface area contributed by atoms with E-state index in [1.807, 2.05) is 35.9 Å². The van der Waals surface area contributed by atoms with Crippen LogP contribution in [0.1, 0.15) is 5.82 Å². The number of fused-ring (bicyclic) bond motifs is 1. The van der Waals surface area contributed by atoms with Gasteiger partial charge >= 0.3 is 0 Å². The van der Waals surface area contributed by atoms with Crippen LogP contribution in [-0.4, -0.2) is 14.8 Å². The van der Waals surface area contributed by atoms with Gasteiger partial charge in [0.1, 0.15) is 5.82 Å². The molecule has 0 aliphatic heterocycles. The topological polar surface area (TPSA) is 50.1 Å². The van der Waals surface area contributed by atoms with Crippen molar-refractivity contribution in [3.8, 4) is 0 Å². The van der Waals surface area contributed by atoms with Crippen molar-refractivity contribution in [2.75, 3.05) is 0 Å². The van der Waals surface area contributed by atoms with Crippen LogP contribution in [0.4, 0.5) is 0 Å². The van der Waals surface area contributed by atoms with Gasteiger partial charge in [0.2, 0.25) is 0 Å². The van der Waals surface area contributed by atoms with E-state index < -0.39 is 0 Å². The number of nitrogens with zero attached hydrogens (tertiary/aromatic N) is 2. The number of imidazole rings is 1. The molecule has 68 valence electrons. The maximum atomic E-state index is 8.57. The molecule has 0 saturated heterocycles. The third-order valence-electron chi connectivity index (χ3n) is 2.12. The predicted molar refractivity (Wildman–Crippen MR) is 49.3 cm³/mol. The van der Waals surface area contributed by atoms with Crippen LogP contribution in [0.5, 0.6) is 0 Å². The maximum Gasteiger partial charge on any atom is 0.126 e. The van der Waals surface area contributed by atoms with E-state index in [1.54, 1.807) is 0 Å². The highest BCUT2D eigenvalue weighted by Crippen LogP contribution is 2.13. The quantitative estimate of drug-likeness (QED) is 0.674. The third kappa shape index (κ3) is 1.30. The predicted octanol–water partition coefficient (Wildman–Crippen LogP) is 1.05. The smallest absolute Gasteiger partial charge is 0.126 e. The standard InChI is InChI=1S/C9H11N3O/c1-12-8-5-3-2-4-7(8)11-9(12)6-10-13/h2-5,10,13H,6H2,1H3. The van der Waals surface area contributed by atoms with E-state index in [0.717, 1.165) is 16.9 Å². The van der Waals surface area contributed by atoms with E-state index in [4.69, 9.17) is 5.21 Å². The van der Waals surface area contributed by atoms with E-state index in [0.29, 0.717) is 6.54 Å². The van der Waals surface area contributed by atoms with Crippen molar-refractivity contribution >= 4 is 11.0 Å². The van der Waals surface area contributed by atoms with Crippen molar-refractivity contribution in [2.45, 2.75) is 6.54 Å². The lowest BCUT2D eigenvalue weighted by molar-refractivity contribution is 0.158. The van der Waals surface area contributed by atoms with Gasteiger partial charge in [-0.05, 0) is 12.1 Å². The van der Waals surface area contributed by atoms with Gasteiger partial charge in [0.15, 0.2) is 0 Å². The zero-order valence-corrected chi connectivity index (χ0v) is 7.36. The summed E-state index contributed by atoms with van der Waals surface area (Å²) in [6, 6.07) is 7.88. The molecule has 0 fully saturated rings. The van der Waals surface area contributed by atoms with Crippen LogP contribution < -0.4 is 5.48 Å². The zero-order valence-electron chi connectivity index (χ0n) is 7.36. The number of hydroxylamine groups is 1. The molecular formula is C9H11N3O. The van der Waals surface area contributed by atoms with Crippen molar-refractivity contribution in [3.63, 3.8) is 0 Å². The molecule has 0 saturated carbocycles. The summed E-state index contributed by atoms with van der Waals surface area (Å²) in [5.74, 6) is 0.823. The third-order valence-corrected chi connectivity index (χ3v) is 2.12. The number of benzene rings is 1. The second-order valence-electron chi connectivity index (χ2n) is 2.91. The Kier molecular flexibility index (Phi) is 2.00. The summed E-state index contributed by atoms with van der Waals surface area (Å²) in [6.07, 6.45) is 0. The largest absolute Gasteiger partial charge is 0.330 e. The van der Waals surface area contributed by atoms with Crippen molar-refractivity contribution in [3.05, 3.63) is 30.1 Å². The second-order valence-corrected chi connectivity index (χ2v) is 2.91. The molecule has 2 N–H and O–H groups in total. The first-order valence-electron chi connectivity index (χ1n) is 4.10. The Bertz CT molecular complexity index is 422. The molecule has 1 aromatic heterocycles. The number of nitrogens with one attached hydrogen (secondary N) is 1. The van der Waals surface area contributed by atoms with Gasteiger partial charge in [0, 0.05) is 7.05 Å². The Hall–Kier alpha value is -1.39. The normalized spacial score (nSPS) is 10.9. The Labute approximate surface area is 75.8 Å². The van der Waals surface area contributed by atoms with E-state index in [2.05, 4.69) is 10.5 Å². The lowest BCUT2D eigenvalue weighted by atomic mass is 10.3. The van der Waals surface area contributed by atoms with Crippen LogP contribution in [0.15, 0.2) is 24.3 Å². The molecule has 4 nitrogen and oxygen atoms in total. The fourth-order valence-electron chi connectivity index (χ4n) is 1.42. The van der Waals surface area contributed by atoms with Crippen molar-refractivity contribution < 1.29 is 5.21 Å². The number of aryl methyl sites for hydroxylation is 1. The molecule has 4 heteroatoms. The van der Waals surface area contributed by atoms with Gasteiger partial charge in [-0.2, -0.15) is 5.48 Å². The maximum absolute atomic E-state index is 8.57. The lowest BCUT2D eigenvalue weighted by Crippen LogP contribution is -2.10. The monoisotopic (exact) mass is 177 g/mol. The lowest BCUT2D eigenvalue weighted by Gasteiger charge is -1.99. The Morgan fingerprint density at radius 1 is 1.46 bits per heavy atom. The highest BCUT2D eigenvalue weighted by molar-refractivity contribution is 5.75. The molecule has 1 heterocycles. The highest BCUT2D eigenvalue weighted by Gasteiger charge is 2.04. The van der Waals surface area contributed by atoms with E-state index in [9.17, 15) is 0 Å². The second kappa shape index (κ2) is 3.16. The minimum atomic E-state index is 0.366. The molecule has 13 heavy (non-hydrogen) atoms. The number of rotatable bonds is 2. The molecule has 0 amide bonds. The first-order valence-corrected chi connectivity index (χ1v) is 4.10. The van der Waals surface area contributed by atoms with E-state index >= 15 is 0 Å². The molecule has 0 unspecified atom stereocenters. The molecule has 0 radical (unpaired) electrons. The molecule has 2 rings (SSSR count). The first kappa shape index (κ1) is 8.22. The summed E-state index contributed by atoms with van der Waals surface area (Å²) in [5.41, 5.74) is 4.13. The van der Waals surface area contributed by atoms with Crippen molar-refractivity contribution in [1.82, 2.24) is 15.0 Å². The number of para-hydroxylation sites is 2. The van der Waals surface area contributed by atoms with Crippen molar-refractivity contribution in [1.29, 1.82) is 0 Å². The van der Waals surface area contributed by atoms with Crippen LogP contribution >= 0.6 is 0 Å². The molecule has 0 atom stereocenters. The number of hydrogen-bond acceptors (Lipinski definition) is 3. The summed E-state index contributed by atoms with van der Waals surface area (Å²) >= 11 is 0. The average Bonchev–Trinajstić information content (AvgIpc) is 2.46. The van der Waals surface area contributed by atoms with Gasteiger partial charge in [0.05, 0.1) is 17.6 Å². The molecular weight excluding hydrogens is 166 g/mol. The Morgan fingerprint density at radius 2 is 2.23 bits per heavy atom. The summed E-state index contributed by atoms with van der Waals surface area (Å²) in [7, 11) is 1.93. The zero-order chi connectivity index (χ0) is 9.26. The minimum absolute atomic E-state index is 0.366. The van der Waals surface area contributed by atoms with Gasteiger partial charge in [-0.15, -0.1) is 0 Å². The van der Waals surface area contributed by atoms with E-state index in [-0.39, 0.29) is 0 Å². The van der Waals surface area contributed by atoms with Gasteiger partial charge < -0.3 is 9.77 Å². The van der Waals surface area contributed by atoms with Gasteiger partial charge in [-0.3, -0.25) is 0 Å². The first-order chi connectivity index (χ1) is 6.33. The molecule has 1 aromatic carbocycles. The summed E-state index contributed by atoms with van der Waals surface area (Å²) in [6.45, 7) is 0.366. The van der Waals surface area contributed by atoms with Crippen LogP contribution in [-0.2, 0) is 13.6 Å². The van der Waals surface area contributed by atoms with E-state index in [1.165, 1.54) is 0 Å². The Morgan fingerprint density at radius 3 is 2.92 bits per heavy atom. The van der Waals surface area contributed by atoms with Crippen molar-refractivity contribution in [2.24, 2.45) is 7.05 Å². The SMILES string of the molecule is Cn1c(CNO)nc2ccccc21. The van der Waals surface area contributed by atoms with Gasteiger partial charge in [-0.25, -0.2) is 4.98 Å². The molecule has 0 bridgehead atoms. The number of aromatic nitrogens is 2. The Balaban J connectivity index is 2.60. The fraction of sp³-hybridized carbons (Fsp3) is 0.222.